The number of nitrogens with zero attached hydrogens (tertiary/aromatic N) is 1. The average Bonchev–Trinajstić information content (AvgIpc) is 2.09. The lowest BCUT2D eigenvalue weighted by atomic mass is 10.1. The van der Waals surface area contributed by atoms with Gasteiger partial charge < -0.3 is 5.73 Å². The Kier molecular flexibility index (Phi) is 3.50. The first-order valence-electron chi connectivity index (χ1n) is 4.56. The molecule has 0 radical (unpaired) electrons. The monoisotopic (exact) mass is 176 g/mol. The Labute approximate surface area is 79.5 Å². The molecule has 0 amide bonds. The molecule has 1 aromatic carbocycles. The zero-order chi connectivity index (χ0) is 9.68. The average molecular weight is 176 g/mol. The van der Waals surface area contributed by atoms with Gasteiger partial charge in [0, 0.05) is 13.0 Å². The molecule has 1 aromatic rings. The Bertz CT molecular complexity index is 285. The van der Waals surface area contributed by atoms with Gasteiger partial charge in [0.25, 0.3) is 0 Å². The van der Waals surface area contributed by atoms with Crippen molar-refractivity contribution in [1.82, 2.24) is 0 Å². The fourth-order valence-corrected chi connectivity index (χ4v) is 1.17. The van der Waals surface area contributed by atoms with Crippen molar-refractivity contribution in [3.05, 3.63) is 35.4 Å². The van der Waals surface area contributed by atoms with Gasteiger partial charge in [0.2, 0.25) is 0 Å². The SMILES string of the molecule is CCN=C(N)Cc1ccc(C)cc1. The van der Waals surface area contributed by atoms with Crippen molar-refractivity contribution in [3.63, 3.8) is 0 Å². The summed E-state index contributed by atoms with van der Waals surface area (Å²) < 4.78 is 0. The van der Waals surface area contributed by atoms with E-state index in [4.69, 9.17) is 5.73 Å². The lowest BCUT2D eigenvalue weighted by Gasteiger charge is -2.01. The molecule has 0 bridgehead atoms. The number of nitrogens with two attached hydrogens (primary N) is 1. The molecule has 70 valence electrons. The van der Waals surface area contributed by atoms with Crippen LogP contribution in [0.25, 0.3) is 0 Å². The van der Waals surface area contributed by atoms with E-state index in [1.165, 1.54) is 11.1 Å². The largest absolute Gasteiger partial charge is 0.387 e. The fraction of sp³-hybridized carbons (Fsp3) is 0.364. The topological polar surface area (TPSA) is 38.4 Å². The number of rotatable bonds is 3. The molecule has 2 nitrogen and oxygen atoms in total. The molecule has 0 spiro atoms. The van der Waals surface area contributed by atoms with E-state index in [0.29, 0.717) is 5.84 Å². The molecule has 0 saturated carbocycles. The Hall–Kier alpha value is -1.31. The van der Waals surface area contributed by atoms with Crippen molar-refractivity contribution < 1.29 is 0 Å². The smallest absolute Gasteiger partial charge is 0.0981 e. The summed E-state index contributed by atoms with van der Waals surface area (Å²) in [5, 5.41) is 0. The molecule has 0 aliphatic heterocycles. The highest BCUT2D eigenvalue weighted by molar-refractivity contribution is 5.82. The van der Waals surface area contributed by atoms with E-state index < -0.39 is 0 Å². The first kappa shape index (κ1) is 9.78. The number of hydrogen-bond donors (Lipinski definition) is 1. The van der Waals surface area contributed by atoms with Crippen LogP contribution < -0.4 is 5.73 Å². The van der Waals surface area contributed by atoms with Crippen LogP contribution in [0.4, 0.5) is 0 Å². The summed E-state index contributed by atoms with van der Waals surface area (Å²) in [5.41, 5.74) is 8.20. The lowest BCUT2D eigenvalue weighted by Crippen LogP contribution is -2.15. The molecule has 0 aromatic heterocycles. The second-order valence-electron chi connectivity index (χ2n) is 3.13. The highest BCUT2D eigenvalue weighted by atomic mass is 14.8. The van der Waals surface area contributed by atoms with Gasteiger partial charge in [0.15, 0.2) is 0 Å². The minimum atomic E-state index is 0.714. The molecular weight excluding hydrogens is 160 g/mol. The van der Waals surface area contributed by atoms with E-state index in [1.807, 2.05) is 6.92 Å². The van der Waals surface area contributed by atoms with E-state index in [9.17, 15) is 0 Å². The standard InChI is InChI=1S/C11H16N2/c1-3-13-11(12)8-10-6-4-9(2)5-7-10/h4-7H,3,8H2,1-2H3,(H2,12,13). The third-order valence-electron chi connectivity index (χ3n) is 1.87. The second-order valence-corrected chi connectivity index (χ2v) is 3.13. The van der Waals surface area contributed by atoms with Crippen LogP contribution in [-0.4, -0.2) is 12.4 Å². The van der Waals surface area contributed by atoms with Crippen LogP contribution in [0.1, 0.15) is 18.1 Å². The molecule has 0 aliphatic carbocycles. The van der Waals surface area contributed by atoms with Crippen LogP contribution in [0.15, 0.2) is 29.3 Å². The van der Waals surface area contributed by atoms with Crippen molar-refractivity contribution in [3.8, 4) is 0 Å². The van der Waals surface area contributed by atoms with Crippen molar-refractivity contribution in [2.75, 3.05) is 6.54 Å². The van der Waals surface area contributed by atoms with Gasteiger partial charge in [0.1, 0.15) is 0 Å². The molecule has 0 heterocycles. The normalized spacial score (nSPS) is 11.7. The Morgan fingerprint density at radius 3 is 2.46 bits per heavy atom. The number of aryl methyl sites for hydroxylation is 1. The van der Waals surface area contributed by atoms with E-state index in [2.05, 4.69) is 36.2 Å². The summed E-state index contributed by atoms with van der Waals surface area (Å²) in [7, 11) is 0. The predicted molar refractivity (Wildman–Crippen MR) is 57.0 cm³/mol. The molecule has 13 heavy (non-hydrogen) atoms. The van der Waals surface area contributed by atoms with Gasteiger partial charge in [-0.05, 0) is 19.4 Å². The summed E-state index contributed by atoms with van der Waals surface area (Å²) in [4.78, 5) is 4.14. The van der Waals surface area contributed by atoms with Gasteiger partial charge in [-0.1, -0.05) is 29.8 Å². The summed E-state index contributed by atoms with van der Waals surface area (Å²) in [5.74, 6) is 0.714. The predicted octanol–water partition coefficient (Wildman–Crippen LogP) is 1.91. The van der Waals surface area contributed by atoms with Crippen LogP contribution in [0, 0.1) is 6.92 Å². The summed E-state index contributed by atoms with van der Waals surface area (Å²) in [6.07, 6.45) is 0.758. The van der Waals surface area contributed by atoms with E-state index in [1.54, 1.807) is 0 Å². The van der Waals surface area contributed by atoms with Gasteiger partial charge in [-0.15, -0.1) is 0 Å². The molecule has 0 atom stereocenters. The highest BCUT2D eigenvalue weighted by Crippen LogP contribution is 2.03. The third kappa shape index (κ3) is 3.28. The van der Waals surface area contributed by atoms with Gasteiger partial charge in [0.05, 0.1) is 5.84 Å². The number of amidine groups is 1. The van der Waals surface area contributed by atoms with E-state index >= 15 is 0 Å². The molecule has 1 rings (SSSR count). The number of benzene rings is 1. The molecule has 2 heteroatoms. The summed E-state index contributed by atoms with van der Waals surface area (Å²) in [6.45, 7) is 4.83. The minimum Gasteiger partial charge on any atom is -0.387 e. The third-order valence-corrected chi connectivity index (χ3v) is 1.87. The minimum absolute atomic E-state index is 0.714. The Balaban J connectivity index is 2.64. The lowest BCUT2D eigenvalue weighted by molar-refractivity contribution is 1.10. The van der Waals surface area contributed by atoms with E-state index in [-0.39, 0.29) is 0 Å². The van der Waals surface area contributed by atoms with Crippen molar-refractivity contribution in [1.29, 1.82) is 0 Å². The Morgan fingerprint density at radius 1 is 1.31 bits per heavy atom. The maximum atomic E-state index is 5.70. The number of aliphatic imine (C=N–C) groups is 1. The van der Waals surface area contributed by atoms with Crippen LogP contribution in [0.2, 0.25) is 0 Å². The van der Waals surface area contributed by atoms with Gasteiger partial charge in [-0.3, -0.25) is 4.99 Å². The number of hydrogen-bond acceptors (Lipinski definition) is 1. The van der Waals surface area contributed by atoms with Gasteiger partial charge >= 0.3 is 0 Å². The highest BCUT2D eigenvalue weighted by Gasteiger charge is 1.95. The van der Waals surface area contributed by atoms with Crippen LogP contribution >= 0.6 is 0 Å². The maximum Gasteiger partial charge on any atom is 0.0981 e. The fourth-order valence-electron chi connectivity index (χ4n) is 1.17. The summed E-state index contributed by atoms with van der Waals surface area (Å²) >= 11 is 0. The first-order chi connectivity index (χ1) is 6.22. The molecule has 0 fully saturated rings. The van der Waals surface area contributed by atoms with Crippen molar-refractivity contribution in [2.45, 2.75) is 20.3 Å². The molecule has 0 unspecified atom stereocenters. The van der Waals surface area contributed by atoms with Crippen LogP contribution in [0.5, 0.6) is 0 Å². The van der Waals surface area contributed by atoms with Crippen molar-refractivity contribution >= 4 is 5.84 Å². The Morgan fingerprint density at radius 2 is 1.92 bits per heavy atom. The molecule has 0 saturated heterocycles. The summed E-state index contributed by atoms with van der Waals surface area (Å²) in [6, 6.07) is 8.36. The van der Waals surface area contributed by atoms with Gasteiger partial charge in [-0.2, -0.15) is 0 Å². The zero-order valence-electron chi connectivity index (χ0n) is 8.25. The zero-order valence-corrected chi connectivity index (χ0v) is 8.25. The van der Waals surface area contributed by atoms with Crippen LogP contribution in [0.3, 0.4) is 0 Å². The van der Waals surface area contributed by atoms with E-state index in [0.717, 1.165) is 13.0 Å². The van der Waals surface area contributed by atoms with Crippen molar-refractivity contribution in [2.24, 2.45) is 10.7 Å². The quantitative estimate of drug-likeness (QED) is 0.554. The molecule has 0 aliphatic rings. The second kappa shape index (κ2) is 4.65. The maximum absolute atomic E-state index is 5.70. The first-order valence-corrected chi connectivity index (χ1v) is 4.56. The van der Waals surface area contributed by atoms with Crippen LogP contribution in [-0.2, 0) is 6.42 Å². The molecule has 2 N–H and O–H groups in total. The van der Waals surface area contributed by atoms with Gasteiger partial charge in [-0.25, -0.2) is 0 Å². The molecular formula is C11H16N2.